The maximum absolute atomic E-state index is 12.7. The molecule has 9 heteroatoms. The van der Waals surface area contributed by atoms with Crippen molar-refractivity contribution in [2.45, 2.75) is 38.3 Å². The summed E-state index contributed by atoms with van der Waals surface area (Å²) in [6, 6.07) is 7.21. The maximum Gasteiger partial charge on any atom is 0.243 e. The lowest BCUT2D eigenvalue weighted by Crippen LogP contribution is -2.43. The molecule has 1 atom stereocenters. The average Bonchev–Trinajstić information content (AvgIpc) is 3.40. The SMILES string of the molecule is O=C(NCc1ccccc1Cl)[C@@H]1CCCN1c1nnc(N2CCCC2=O)s1. The van der Waals surface area contributed by atoms with Crippen molar-refractivity contribution >= 4 is 45.0 Å². The van der Waals surface area contributed by atoms with E-state index >= 15 is 0 Å². The second-order valence-electron chi connectivity index (χ2n) is 6.68. The predicted octanol–water partition coefficient (Wildman–Crippen LogP) is 2.60. The van der Waals surface area contributed by atoms with Crippen molar-refractivity contribution in [2.24, 2.45) is 0 Å². The molecule has 0 saturated carbocycles. The van der Waals surface area contributed by atoms with Crippen LogP contribution in [-0.2, 0) is 16.1 Å². The first-order chi connectivity index (χ1) is 13.1. The zero-order valence-electron chi connectivity index (χ0n) is 14.7. The van der Waals surface area contributed by atoms with E-state index in [9.17, 15) is 9.59 Å². The standard InChI is InChI=1S/C18H20ClN5O2S/c19-13-6-2-1-5-12(13)11-20-16(26)14-7-3-9-23(14)17-21-22-18(27-17)24-10-4-8-15(24)25/h1-2,5-6,14H,3-4,7-11H2,(H,20,26)/t14-/m0/s1. The van der Waals surface area contributed by atoms with Crippen molar-refractivity contribution in [3.8, 4) is 0 Å². The molecule has 7 nitrogen and oxygen atoms in total. The summed E-state index contributed by atoms with van der Waals surface area (Å²) in [7, 11) is 0. The Morgan fingerprint density at radius 3 is 2.81 bits per heavy atom. The molecule has 0 aliphatic carbocycles. The third-order valence-electron chi connectivity index (χ3n) is 4.92. The van der Waals surface area contributed by atoms with Crippen molar-refractivity contribution in [1.29, 1.82) is 0 Å². The maximum atomic E-state index is 12.7. The van der Waals surface area contributed by atoms with Crippen LogP contribution in [0.25, 0.3) is 0 Å². The second-order valence-corrected chi connectivity index (χ2v) is 8.02. The highest BCUT2D eigenvalue weighted by atomic mass is 35.5. The summed E-state index contributed by atoms with van der Waals surface area (Å²) in [5.41, 5.74) is 0.891. The average molecular weight is 406 g/mol. The number of nitrogens with zero attached hydrogens (tertiary/aromatic N) is 4. The number of amides is 2. The lowest BCUT2D eigenvalue weighted by Gasteiger charge is -2.22. The van der Waals surface area contributed by atoms with Gasteiger partial charge in [-0.2, -0.15) is 0 Å². The summed E-state index contributed by atoms with van der Waals surface area (Å²) in [6.07, 6.45) is 3.10. The fourth-order valence-corrected chi connectivity index (χ4v) is 4.66. The van der Waals surface area contributed by atoms with E-state index < -0.39 is 0 Å². The van der Waals surface area contributed by atoms with Gasteiger partial charge in [-0.1, -0.05) is 41.1 Å². The summed E-state index contributed by atoms with van der Waals surface area (Å²) < 4.78 is 0. The van der Waals surface area contributed by atoms with Gasteiger partial charge in [-0.25, -0.2) is 0 Å². The summed E-state index contributed by atoms with van der Waals surface area (Å²) in [5.74, 6) is 0.0505. The van der Waals surface area contributed by atoms with Crippen LogP contribution in [0.1, 0.15) is 31.2 Å². The molecule has 1 aromatic carbocycles. The third kappa shape index (κ3) is 3.77. The largest absolute Gasteiger partial charge is 0.350 e. The first-order valence-electron chi connectivity index (χ1n) is 9.05. The summed E-state index contributed by atoms with van der Waals surface area (Å²) in [6.45, 7) is 1.84. The van der Waals surface area contributed by atoms with Crippen LogP contribution in [-0.4, -0.2) is 41.1 Å². The molecule has 1 aromatic heterocycles. The topological polar surface area (TPSA) is 78.4 Å². The molecule has 0 radical (unpaired) electrons. The van der Waals surface area contributed by atoms with Gasteiger partial charge < -0.3 is 10.2 Å². The van der Waals surface area contributed by atoms with Crippen molar-refractivity contribution in [1.82, 2.24) is 15.5 Å². The quantitative estimate of drug-likeness (QED) is 0.827. The molecule has 2 fully saturated rings. The third-order valence-corrected chi connectivity index (χ3v) is 6.27. The summed E-state index contributed by atoms with van der Waals surface area (Å²) >= 11 is 7.54. The van der Waals surface area contributed by atoms with Gasteiger partial charge in [0.05, 0.1) is 0 Å². The van der Waals surface area contributed by atoms with Crippen LogP contribution < -0.4 is 15.1 Å². The van der Waals surface area contributed by atoms with Gasteiger partial charge in [-0.3, -0.25) is 14.5 Å². The Hall–Kier alpha value is -2.19. The Morgan fingerprint density at radius 2 is 2.04 bits per heavy atom. The molecule has 27 heavy (non-hydrogen) atoms. The second kappa shape index (κ2) is 7.82. The van der Waals surface area contributed by atoms with E-state index in [1.165, 1.54) is 11.3 Å². The Bertz CT molecular complexity index is 858. The predicted molar refractivity (Wildman–Crippen MR) is 105 cm³/mol. The number of hydrogen-bond acceptors (Lipinski definition) is 6. The monoisotopic (exact) mass is 405 g/mol. The zero-order chi connectivity index (χ0) is 18.8. The number of benzene rings is 1. The zero-order valence-corrected chi connectivity index (χ0v) is 16.3. The van der Waals surface area contributed by atoms with Crippen LogP contribution in [0.3, 0.4) is 0 Å². The summed E-state index contributed by atoms with van der Waals surface area (Å²) in [4.78, 5) is 28.3. The molecule has 2 aliphatic rings. The normalized spacial score (nSPS) is 19.7. The highest BCUT2D eigenvalue weighted by Crippen LogP contribution is 2.33. The van der Waals surface area contributed by atoms with E-state index in [-0.39, 0.29) is 17.9 Å². The number of nitrogens with one attached hydrogen (secondary N) is 1. The van der Waals surface area contributed by atoms with Gasteiger partial charge in [-0.05, 0) is 30.9 Å². The van der Waals surface area contributed by atoms with E-state index in [0.717, 1.165) is 31.4 Å². The molecule has 142 valence electrons. The van der Waals surface area contributed by atoms with Crippen LogP contribution in [0, 0.1) is 0 Å². The molecule has 2 saturated heterocycles. The molecule has 0 spiro atoms. The van der Waals surface area contributed by atoms with Crippen molar-refractivity contribution < 1.29 is 9.59 Å². The van der Waals surface area contributed by atoms with E-state index in [2.05, 4.69) is 15.5 Å². The van der Waals surface area contributed by atoms with Gasteiger partial charge in [-0.15, -0.1) is 10.2 Å². The molecule has 1 N–H and O–H groups in total. The number of rotatable bonds is 5. The van der Waals surface area contributed by atoms with Crippen LogP contribution in [0.4, 0.5) is 10.3 Å². The van der Waals surface area contributed by atoms with Gasteiger partial charge in [0, 0.05) is 31.1 Å². The minimum absolute atomic E-state index is 0.0404. The molecule has 0 bridgehead atoms. The highest BCUT2D eigenvalue weighted by molar-refractivity contribution is 7.19. The lowest BCUT2D eigenvalue weighted by molar-refractivity contribution is -0.122. The number of halogens is 1. The smallest absolute Gasteiger partial charge is 0.243 e. The molecule has 0 unspecified atom stereocenters. The number of aromatic nitrogens is 2. The van der Waals surface area contributed by atoms with Crippen molar-refractivity contribution in [2.75, 3.05) is 22.9 Å². The fraction of sp³-hybridized carbons (Fsp3) is 0.444. The van der Waals surface area contributed by atoms with Gasteiger partial charge >= 0.3 is 0 Å². The van der Waals surface area contributed by atoms with Gasteiger partial charge in [0.2, 0.25) is 22.1 Å². The molecule has 2 aliphatic heterocycles. The van der Waals surface area contributed by atoms with Gasteiger partial charge in [0.15, 0.2) is 0 Å². The molecule has 4 rings (SSSR count). The molecular formula is C18H20ClN5O2S. The minimum Gasteiger partial charge on any atom is -0.350 e. The van der Waals surface area contributed by atoms with E-state index in [1.807, 2.05) is 29.2 Å². The fourth-order valence-electron chi connectivity index (χ4n) is 3.49. The van der Waals surface area contributed by atoms with E-state index in [4.69, 9.17) is 11.6 Å². The van der Waals surface area contributed by atoms with E-state index in [0.29, 0.717) is 34.8 Å². The van der Waals surface area contributed by atoms with Crippen LogP contribution in [0.15, 0.2) is 24.3 Å². The Labute approximate surface area is 166 Å². The Balaban J connectivity index is 1.43. The van der Waals surface area contributed by atoms with Crippen molar-refractivity contribution in [3.05, 3.63) is 34.9 Å². The van der Waals surface area contributed by atoms with E-state index in [1.54, 1.807) is 4.90 Å². The lowest BCUT2D eigenvalue weighted by atomic mass is 10.2. The van der Waals surface area contributed by atoms with Crippen LogP contribution in [0.5, 0.6) is 0 Å². The number of carbonyl (C=O) groups is 2. The number of anilines is 2. The molecule has 3 heterocycles. The van der Waals surface area contributed by atoms with Gasteiger partial charge in [0.25, 0.3) is 0 Å². The Kier molecular flexibility index (Phi) is 5.27. The number of carbonyl (C=O) groups excluding carboxylic acids is 2. The Morgan fingerprint density at radius 1 is 1.22 bits per heavy atom. The molecule has 2 aromatic rings. The van der Waals surface area contributed by atoms with Crippen molar-refractivity contribution in [3.63, 3.8) is 0 Å². The van der Waals surface area contributed by atoms with Gasteiger partial charge in [0.1, 0.15) is 6.04 Å². The summed E-state index contributed by atoms with van der Waals surface area (Å²) in [5, 5.41) is 13.4. The number of hydrogen-bond donors (Lipinski definition) is 1. The molecule has 2 amide bonds. The minimum atomic E-state index is -0.275. The highest BCUT2D eigenvalue weighted by Gasteiger charge is 2.34. The first-order valence-corrected chi connectivity index (χ1v) is 10.2. The van der Waals surface area contributed by atoms with Crippen LogP contribution >= 0.6 is 22.9 Å². The first kappa shape index (κ1) is 18.2. The molecular weight excluding hydrogens is 386 g/mol. The van der Waals surface area contributed by atoms with Crippen LogP contribution in [0.2, 0.25) is 5.02 Å².